The van der Waals surface area contributed by atoms with Gasteiger partial charge in [-0.05, 0) is 67.4 Å². The summed E-state index contributed by atoms with van der Waals surface area (Å²) in [6, 6.07) is 13.0. The Kier molecular flexibility index (Phi) is 8.73. The number of ether oxygens (including phenoxy) is 2. The van der Waals surface area contributed by atoms with Gasteiger partial charge in [-0.2, -0.15) is 0 Å². The lowest BCUT2D eigenvalue weighted by Gasteiger charge is -2.23. The van der Waals surface area contributed by atoms with E-state index in [-0.39, 0.29) is 6.04 Å². The molecule has 0 aliphatic rings. The van der Waals surface area contributed by atoms with Gasteiger partial charge in [0.05, 0.1) is 30.3 Å². The molecule has 0 spiro atoms. The van der Waals surface area contributed by atoms with Crippen molar-refractivity contribution in [3.63, 3.8) is 0 Å². The number of thiocarbonyl (C=S) groups is 1. The summed E-state index contributed by atoms with van der Waals surface area (Å²) in [6.45, 7) is 6.39. The van der Waals surface area contributed by atoms with E-state index < -0.39 is 5.97 Å². The van der Waals surface area contributed by atoms with Crippen LogP contribution in [0.4, 0.5) is 5.69 Å². The smallest absolute Gasteiger partial charge is 0.339 e. The van der Waals surface area contributed by atoms with Crippen LogP contribution in [-0.2, 0) is 4.74 Å². The highest BCUT2D eigenvalue weighted by Gasteiger charge is 2.16. The Morgan fingerprint density at radius 2 is 1.86 bits per heavy atom. The Morgan fingerprint density at radius 3 is 2.41 bits per heavy atom. The van der Waals surface area contributed by atoms with Crippen LogP contribution in [0.1, 0.15) is 49.2 Å². The first-order chi connectivity index (χ1) is 13.8. The molecule has 2 rings (SSSR count). The van der Waals surface area contributed by atoms with Crippen LogP contribution >= 0.6 is 23.8 Å². The third kappa shape index (κ3) is 6.91. The third-order valence-corrected chi connectivity index (χ3v) is 4.79. The predicted molar refractivity (Wildman–Crippen MR) is 122 cm³/mol. The molecule has 29 heavy (non-hydrogen) atoms. The summed E-state index contributed by atoms with van der Waals surface area (Å²) in [5, 5.41) is 7.30. The van der Waals surface area contributed by atoms with E-state index in [0.717, 1.165) is 17.7 Å². The van der Waals surface area contributed by atoms with Crippen molar-refractivity contribution in [2.75, 3.05) is 19.0 Å². The van der Waals surface area contributed by atoms with Gasteiger partial charge in [0.1, 0.15) is 5.75 Å². The Morgan fingerprint density at radius 1 is 1.17 bits per heavy atom. The third-order valence-electron chi connectivity index (χ3n) is 4.25. The number of esters is 1. The second-order valence-electron chi connectivity index (χ2n) is 6.97. The number of hydrogen-bond donors (Lipinski definition) is 2. The minimum atomic E-state index is -0.443. The van der Waals surface area contributed by atoms with Gasteiger partial charge in [0.2, 0.25) is 0 Å². The maximum absolute atomic E-state index is 11.9. The summed E-state index contributed by atoms with van der Waals surface area (Å²) in [5.74, 6) is 0.853. The largest absolute Gasteiger partial charge is 0.497 e. The average molecular weight is 435 g/mol. The van der Waals surface area contributed by atoms with Crippen LogP contribution in [0.25, 0.3) is 0 Å². The highest BCUT2D eigenvalue weighted by Crippen LogP contribution is 2.25. The molecule has 2 aromatic carbocycles. The van der Waals surface area contributed by atoms with Crippen molar-refractivity contribution in [1.29, 1.82) is 0 Å². The quantitative estimate of drug-likeness (QED) is 0.416. The summed E-state index contributed by atoms with van der Waals surface area (Å²) < 4.78 is 10.2. The van der Waals surface area contributed by atoms with E-state index in [2.05, 4.69) is 24.5 Å². The molecule has 5 nitrogen and oxygen atoms in total. The van der Waals surface area contributed by atoms with Crippen LogP contribution in [0.5, 0.6) is 5.75 Å². The molecule has 0 saturated heterocycles. The van der Waals surface area contributed by atoms with Crippen molar-refractivity contribution < 1.29 is 14.3 Å². The Bertz CT molecular complexity index is 840. The lowest BCUT2D eigenvalue weighted by molar-refractivity contribution is 0.0526. The van der Waals surface area contributed by atoms with Gasteiger partial charge < -0.3 is 20.1 Å². The van der Waals surface area contributed by atoms with Crippen molar-refractivity contribution in [3.8, 4) is 5.75 Å². The zero-order valence-electron chi connectivity index (χ0n) is 17.1. The van der Waals surface area contributed by atoms with Gasteiger partial charge in [0.25, 0.3) is 0 Å². The number of rotatable bonds is 8. The summed E-state index contributed by atoms with van der Waals surface area (Å²) in [5.41, 5.74) is 2.15. The van der Waals surface area contributed by atoms with E-state index in [0.29, 0.717) is 33.9 Å². The lowest BCUT2D eigenvalue weighted by Crippen LogP contribution is -2.33. The molecule has 0 aliphatic heterocycles. The van der Waals surface area contributed by atoms with Gasteiger partial charge in [0, 0.05) is 5.69 Å². The summed E-state index contributed by atoms with van der Waals surface area (Å²) >= 11 is 11.7. The van der Waals surface area contributed by atoms with Crippen LogP contribution in [0, 0.1) is 5.92 Å². The predicted octanol–water partition coefficient (Wildman–Crippen LogP) is 5.60. The molecule has 156 valence electrons. The Balaban J connectivity index is 2.09. The molecule has 0 aromatic heterocycles. The number of carbonyl (C=O) groups excluding carboxylic acids is 1. The number of hydrogen-bond acceptors (Lipinski definition) is 4. The molecular formula is C22H27ClN2O3S. The Labute approximate surface area is 182 Å². The van der Waals surface area contributed by atoms with E-state index in [1.807, 2.05) is 24.3 Å². The molecule has 7 heteroatoms. The first-order valence-electron chi connectivity index (χ1n) is 9.52. The van der Waals surface area contributed by atoms with Crippen LogP contribution in [0.15, 0.2) is 42.5 Å². The van der Waals surface area contributed by atoms with Crippen molar-refractivity contribution in [1.82, 2.24) is 5.32 Å². The number of carbonyl (C=O) groups is 1. The summed E-state index contributed by atoms with van der Waals surface area (Å²) in [6.07, 6.45) is 0.913. The zero-order chi connectivity index (χ0) is 21.4. The number of halogens is 1. The van der Waals surface area contributed by atoms with Crippen LogP contribution < -0.4 is 15.4 Å². The van der Waals surface area contributed by atoms with Crippen molar-refractivity contribution in [2.45, 2.75) is 33.2 Å². The van der Waals surface area contributed by atoms with Gasteiger partial charge in [0.15, 0.2) is 5.11 Å². The average Bonchev–Trinajstić information content (AvgIpc) is 2.67. The fraction of sp³-hybridized carbons (Fsp3) is 0.364. The summed E-state index contributed by atoms with van der Waals surface area (Å²) in [4.78, 5) is 11.9. The molecule has 0 amide bonds. The summed E-state index contributed by atoms with van der Waals surface area (Å²) in [7, 11) is 1.65. The maximum atomic E-state index is 11.9. The number of methoxy groups -OCH3 is 1. The molecular weight excluding hydrogens is 408 g/mol. The van der Waals surface area contributed by atoms with Gasteiger partial charge >= 0.3 is 5.97 Å². The van der Waals surface area contributed by atoms with Gasteiger partial charge in [-0.1, -0.05) is 37.6 Å². The fourth-order valence-electron chi connectivity index (χ4n) is 2.88. The van der Waals surface area contributed by atoms with Crippen LogP contribution in [-0.4, -0.2) is 24.8 Å². The molecule has 2 aromatic rings. The van der Waals surface area contributed by atoms with Crippen molar-refractivity contribution in [2.24, 2.45) is 5.92 Å². The molecule has 0 aliphatic carbocycles. The molecule has 2 N–H and O–H groups in total. The normalized spacial score (nSPS) is 11.7. The van der Waals surface area contributed by atoms with Crippen molar-refractivity contribution >= 4 is 40.6 Å². The molecule has 1 atom stereocenters. The first-order valence-corrected chi connectivity index (χ1v) is 10.3. The molecule has 0 saturated carbocycles. The Hall–Kier alpha value is -2.31. The van der Waals surface area contributed by atoms with E-state index >= 15 is 0 Å². The minimum Gasteiger partial charge on any atom is -0.497 e. The van der Waals surface area contributed by atoms with Gasteiger partial charge in [-0.3, -0.25) is 0 Å². The molecule has 0 unspecified atom stereocenters. The SMILES string of the molecule is CCOC(=O)c1ccc(NC(=S)N[C@@H](CC(C)C)c2ccc(OC)cc2)cc1Cl. The van der Waals surface area contributed by atoms with Gasteiger partial charge in [-0.25, -0.2) is 4.79 Å². The first kappa shape index (κ1) is 23.0. The molecule has 0 heterocycles. The van der Waals surface area contributed by atoms with Crippen molar-refractivity contribution in [3.05, 3.63) is 58.6 Å². The highest BCUT2D eigenvalue weighted by atomic mass is 35.5. The highest BCUT2D eigenvalue weighted by molar-refractivity contribution is 7.80. The van der Waals surface area contributed by atoms with E-state index in [9.17, 15) is 4.79 Å². The molecule has 0 bridgehead atoms. The van der Waals surface area contributed by atoms with Crippen LogP contribution in [0.3, 0.4) is 0 Å². The topological polar surface area (TPSA) is 59.6 Å². The van der Waals surface area contributed by atoms with Gasteiger partial charge in [-0.15, -0.1) is 0 Å². The molecule has 0 radical (unpaired) electrons. The van der Waals surface area contributed by atoms with E-state index in [4.69, 9.17) is 33.3 Å². The second-order valence-corrected chi connectivity index (χ2v) is 7.78. The monoisotopic (exact) mass is 434 g/mol. The maximum Gasteiger partial charge on any atom is 0.339 e. The lowest BCUT2D eigenvalue weighted by atomic mass is 9.97. The fourth-order valence-corrected chi connectivity index (χ4v) is 3.40. The second kappa shape index (κ2) is 11.0. The number of nitrogens with one attached hydrogen (secondary N) is 2. The van der Waals surface area contributed by atoms with E-state index in [1.54, 1.807) is 32.2 Å². The molecule has 0 fully saturated rings. The zero-order valence-corrected chi connectivity index (χ0v) is 18.7. The minimum absolute atomic E-state index is 0.0511. The van der Waals surface area contributed by atoms with Crippen LogP contribution in [0.2, 0.25) is 5.02 Å². The van der Waals surface area contributed by atoms with E-state index in [1.165, 1.54) is 0 Å². The number of benzene rings is 2. The standard InChI is InChI=1S/C22H27ClN2O3S/c1-5-28-21(26)18-11-8-16(13-19(18)23)24-22(29)25-20(12-14(2)3)15-6-9-17(27-4)10-7-15/h6-11,13-14,20H,5,12H2,1-4H3,(H2,24,25,29)/t20-/m0/s1. The number of anilines is 1.